The molecule has 3 heterocycles. The third kappa shape index (κ3) is 3.99. The van der Waals surface area contributed by atoms with E-state index in [2.05, 4.69) is 5.32 Å². The fraction of sp³-hybridized carbons (Fsp3) is 0.429. The van der Waals surface area contributed by atoms with E-state index in [9.17, 15) is 9.59 Å². The molecule has 6 nitrogen and oxygen atoms in total. The van der Waals surface area contributed by atoms with Crippen LogP contribution >= 0.6 is 0 Å². The van der Waals surface area contributed by atoms with Crippen LogP contribution in [0.1, 0.15) is 37.0 Å². The summed E-state index contributed by atoms with van der Waals surface area (Å²) in [6.07, 6.45) is 4.48. The second-order valence-corrected chi connectivity index (χ2v) is 7.36. The molecule has 1 N–H and O–H groups in total. The Hall–Kier alpha value is -2.76. The van der Waals surface area contributed by atoms with Gasteiger partial charge in [0.05, 0.1) is 12.8 Å². The SMILES string of the molecule is O=C1CCC(CCC(=O)N2CCOc3ccccc3C2)(Cc2ccco2)N1. The Labute approximate surface area is 158 Å². The summed E-state index contributed by atoms with van der Waals surface area (Å²) in [6.45, 7) is 1.63. The van der Waals surface area contributed by atoms with Crippen molar-refractivity contribution in [2.24, 2.45) is 0 Å². The Morgan fingerprint density at radius 3 is 2.89 bits per heavy atom. The molecule has 2 aliphatic rings. The van der Waals surface area contributed by atoms with Crippen molar-refractivity contribution in [2.45, 2.75) is 44.2 Å². The van der Waals surface area contributed by atoms with E-state index in [1.165, 1.54) is 0 Å². The van der Waals surface area contributed by atoms with E-state index in [-0.39, 0.29) is 11.8 Å². The van der Waals surface area contributed by atoms with E-state index in [1.807, 2.05) is 41.3 Å². The fourth-order valence-corrected chi connectivity index (χ4v) is 3.97. The third-order valence-corrected chi connectivity index (χ3v) is 5.45. The van der Waals surface area contributed by atoms with Crippen LogP contribution in [0.4, 0.5) is 0 Å². The van der Waals surface area contributed by atoms with E-state index in [1.54, 1.807) is 6.26 Å². The summed E-state index contributed by atoms with van der Waals surface area (Å²) < 4.78 is 11.2. The standard InChI is InChI=1S/C21H24N2O4/c24-19-7-9-21(22-19,14-17-5-3-12-26-17)10-8-20(25)23-11-13-27-18-6-2-1-4-16(18)15-23/h1-6,12H,7-11,13-15H2,(H,22,24). The van der Waals surface area contributed by atoms with Crippen molar-refractivity contribution < 1.29 is 18.7 Å². The monoisotopic (exact) mass is 368 g/mol. The van der Waals surface area contributed by atoms with Gasteiger partial charge in [-0.15, -0.1) is 0 Å². The maximum absolute atomic E-state index is 12.9. The summed E-state index contributed by atoms with van der Waals surface area (Å²) >= 11 is 0. The second kappa shape index (κ2) is 7.47. The Bertz CT molecular complexity index is 817. The smallest absolute Gasteiger partial charge is 0.223 e. The molecular formula is C21H24N2O4. The zero-order valence-corrected chi connectivity index (χ0v) is 15.3. The van der Waals surface area contributed by atoms with Crippen molar-refractivity contribution in [1.29, 1.82) is 0 Å². The number of furan rings is 1. The van der Waals surface area contributed by atoms with Gasteiger partial charge in [0.25, 0.3) is 0 Å². The first kappa shape index (κ1) is 17.6. The average Bonchev–Trinajstić information content (AvgIpc) is 3.24. The number of hydrogen-bond donors (Lipinski definition) is 1. The normalized spacial score (nSPS) is 21.9. The Morgan fingerprint density at radius 2 is 2.11 bits per heavy atom. The van der Waals surface area contributed by atoms with Crippen LogP contribution in [0.25, 0.3) is 0 Å². The first-order valence-electron chi connectivity index (χ1n) is 9.45. The van der Waals surface area contributed by atoms with Crippen molar-refractivity contribution in [3.8, 4) is 5.75 Å². The first-order chi connectivity index (χ1) is 13.1. The van der Waals surface area contributed by atoms with Crippen molar-refractivity contribution in [3.05, 3.63) is 54.0 Å². The van der Waals surface area contributed by atoms with Gasteiger partial charge < -0.3 is 19.4 Å². The van der Waals surface area contributed by atoms with Crippen LogP contribution < -0.4 is 10.1 Å². The predicted molar refractivity (Wildman–Crippen MR) is 99.1 cm³/mol. The molecule has 1 aromatic carbocycles. The number of amides is 2. The molecule has 0 bridgehead atoms. The summed E-state index contributed by atoms with van der Waals surface area (Å²) in [5, 5.41) is 3.10. The van der Waals surface area contributed by atoms with E-state index in [0.29, 0.717) is 45.4 Å². The van der Waals surface area contributed by atoms with Gasteiger partial charge >= 0.3 is 0 Å². The summed E-state index contributed by atoms with van der Waals surface area (Å²) in [6, 6.07) is 11.6. The largest absolute Gasteiger partial charge is 0.491 e. The minimum atomic E-state index is -0.398. The van der Waals surface area contributed by atoms with Crippen LogP contribution in [0.5, 0.6) is 5.75 Å². The van der Waals surface area contributed by atoms with E-state index >= 15 is 0 Å². The number of para-hydroxylation sites is 1. The number of ether oxygens (including phenoxy) is 1. The van der Waals surface area contributed by atoms with Gasteiger partial charge in [-0.2, -0.15) is 0 Å². The van der Waals surface area contributed by atoms with Crippen molar-refractivity contribution in [3.63, 3.8) is 0 Å². The highest BCUT2D eigenvalue weighted by Gasteiger charge is 2.39. The lowest BCUT2D eigenvalue weighted by Gasteiger charge is -2.29. The van der Waals surface area contributed by atoms with Crippen molar-refractivity contribution in [2.75, 3.05) is 13.2 Å². The lowest BCUT2D eigenvalue weighted by atomic mass is 9.87. The molecule has 1 fully saturated rings. The highest BCUT2D eigenvalue weighted by Crippen LogP contribution is 2.30. The number of rotatable bonds is 5. The summed E-state index contributed by atoms with van der Waals surface area (Å²) in [5.74, 6) is 1.83. The zero-order chi connectivity index (χ0) is 18.7. The van der Waals surface area contributed by atoms with Crippen LogP contribution in [-0.2, 0) is 22.6 Å². The number of carbonyl (C=O) groups is 2. The third-order valence-electron chi connectivity index (χ3n) is 5.45. The maximum Gasteiger partial charge on any atom is 0.223 e. The number of carbonyl (C=O) groups excluding carboxylic acids is 2. The number of nitrogens with zero attached hydrogens (tertiary/aromatic N) is 1. The number of benzene rings is 1. The summed E-state index contributed by atoms with van der Waals surface area (Å²) in [4.78, 5) is 26.6. The van der Waals surface area contributed by atoms with Gasteiger partial charge in [0.2, 0.25) is 11.8 Å². The molecule has 0 spiro atoms. The highest BCUT2D eigenvalue weighted by atomic mass is 16.5. The molecular weight excluding hydrogens is 344 g/mol. The molecule has 1 saturated heterocycles. The van der Waals surface area contributed by atoms with E-state index < -0.39 is 5.54 Å². The van der Waals surface area contributed by atoms with Gasteiger partial charge in [-0.05, 0) is 31.0 Å². The molecule has 0 aliphatic carbocycles. The Kier molecular flexibility index (Phi) is 4.88. The fourth-order valence-electron chi connectivity index (χ4n) is 3.97. The van der Waals surface area contributed by atoms with Crippen LogP contribution in [0.15, 0.2) is 47.1 Å². The molecule has 142 valence electrons. The summed E-state index contributed by atoms with van der Waals surface area (Å²) in [5.41, 5.74) is 0.632. The number of hydrogen-bond acceptors (Lipinski definition) is 4. The van der Waals surface area contributed by atoms with Gasteiger partial charge in [-0.25, -0.2) is 0 Å². The molecule has 0 saturated carbocycles. The molecule has 0 radical (unpaired) electrons. The van der Waals surface area contributed by atoms with Crippen LogP contribution in [-0.4, -0.2) is 35.4 Å². The van der Waals surface area contributed by atoms with Gasteiger partial charge in [0, 0.05) is 36.9 Å². The Morgan fingerprint density at radius 1 is 1.22 bits per heavy atom. The van der Waals surface area contributed by atoms with Crippen LogP contribution in [0.3, 0.4) is 0 Å². The highest BCUT2D eigenvalue weighted by molar-refractivity contribution is 5.80. The molecule has 2 amide bonds. The van der Waals surface area contributed by atoms with Gasteiger partial charge in [-0.3, -0.25) is 9.59 Å². The molecule has 2 aliphatic heterocycles. The van der Waals surface area contributed by atoms with Crippen molar-refractivity contribution in [1.82, 2.24) is 10.2 Å². The van der Waals surface area contributed by atoms with Gasteiger partial charge in [0.15, 0.2) is 0 Å². The van der Waals surface area contributed by atoms with Crippen LogP contribution in [0, 0.1) is 0 Å². The van der Waals surface area contributed by atoms with Gasteiger partial charge in [-0.1, -0.05) is 18.2 Å². The molecule has 6 heteroatoms. The number of fused-ring (bicyclic) bond motifs is 1. The molecule has 1 aromatic heterocycles. The lowest BCUT2D eigenvalue weighted by molar-refractivity contribution is -0.132. The second-order valence-electron chi connectivity index (χ2n) is 7.36. The molecule has 2 aromatic rings. The minimum Gasteiger partial charge on any atom is -0.491 e. The maximum atomic E-state index is 12.9. The van der Waals surface area contributed by atoms with E-state index in [0.717, 1.165) is 23.5 Å². The lowest BCUT2D eigenvalue weighted by Crippen LogP contribution is -2.45. The van der Waals surface area contributed by atoms with Crippen LogP contribution in [0.2, 0.25) is 0 Å². The zero-order valence-electron chi connectivity index (χ0n) is 15.3. The van der Waals surface area contributed by atoms with Gasteiger partial charge in [0.1, 0.15) is 18.1 Å². The quantitative estimate of drug-likeness (QED) is 0.881. The topological polar surface area (TPSA) is 71.8 Å². The van der Waals surface area contributed by atoms with E-state index in [4.69, 9.17) is 9.15 Å². The summed E-state index contributed by atoms with van der Waals surface area (Å²) in [7, 11) is 0. The molecule has 4 rings (SSSR count). The first-order valence-corrected chi connectivity index (χ1v) is 9.45. The molecule has 1 unspecified atom stereocenters. The average molecular weight is 368 g/mol. The predicted octanol–water partition coefficient (Wildman–Crippen LogP) is 2.67. The molecule has 1 atom stereocenters. The number of nitrogens with one attached hydrogen (secondary N) is 1. The minimum absolute atomic E-state index is 0.0473. The Balaban J connectivity index is 1.42. The van der Waals surface area contributed by atoms with Crippen molar-refractivity contribution >= 4 is 11.8 Å². The molecule has 27 heavy (non-hydrogen) atoms.